The second-order valence-electron chi connectivity index (χ2n) is 5.09. The Morgan fingerprint density at radius 1 is 1.33 bits per heavy atom. The van der Waals surface area contributed by atoms with Crippen molar-refractivity contribution in [2.75, 3.05) is 6.54 Å². The molecule has 1 fully saturated rings. The van der Waals surface area contributed by atoms with Crippen LogP contribution in [-0.4, -0.2) is 27.0 Å². The van der Waals surface area contributed by atoms with Crippen LogP contribution in [0.1, 0.15) is 34.9 Å². The summed E-state index contributed by atoms with van der Waals surface area (Å²) in [6.07, 6.45) is 5.37. The van der Waals surface area contributed by atoms with Gasteiger partial charge in [-0.25, -0.2) is 4.98 Å². The van der Waals surface area contributed by atoms with Crippen molar-refractivity contribution in [3.8, 4) is 0 Å². The summed E-state index contributed by atoms with van der Waals surface area (Å²) >= 11 is 0. The van der Waals surface area contributed by atoms with E-state index < -0.39 is 0 Å². The fourth-order valence-electron chi connectivity index (χ4n) is 2.09. The van der Waals surface area contributed by atoms with E-state index in [1.807, 2.05) is 0 Å². The number of carbonyl (C=O) groups is 1. The number of aromatic nitrogens is 3. The van der Waals surface area contributed by atoms with Crippen LogP contribution >= 0.6 is 0 Å². The predicted octanol–water partition coefficient (Wildman–Crippen LogP) is 0.946. The van der Waals surface area contributed by atoms with Crippen molar-refractivity contribution in [3.05, 3.63) is 58.5 Å². The van der Waals surface area contributed by atoms with Gasteiger partial charge in [-0.05, 0) is 25.0 Å². The zero-order valence-electron chi connectivity index (χ0n) is 11.5. The van der Waals surface area contributed by atoms with Crippen molar-refractivity contribution in [3.63, 3.8) is 0 Å². The topological polar surface area (TPSA) is 76.9 Å². The van der Waals surface area contributed by atoms with Crippen molar-refractivity contribution in [1.29, 1.82) is 0 Å². The van der Waals surface area contributed by atoms with Gasteiger partial charge in [-0.1, -0.05) is 6.07 Å². The number of hydrogen-bond donors (Lipinski definition) is 1. The van der Waals surface area contributed by atoms with Gasteiger partial charge in [0.25, 0.3) is 11.5 Å². The normalized spacial score (nSPS) is 13.9. The molecule has 2 heterocycles. The van der Waals surface area contributed by atoms with Gasteiger partial charge in [-0.15, -0.1) is 0 Å². The molecule has 6 heteroatoms. The van der Waals surface area contributed by atoms with E-state index in [4.69, 9.17) is 0 Å². The number of rotatable bonds is 5. The van der Waals surface area contributed by atoms with Crippen molar-refractivity contribution in [2.24, 2.45) is 0 Å². The summed E-state index contributed by atoms with van der Waals surface area (Å²) in [5, 5.41) is 2.74. The summed E-state index contributed by atoms with van der Waals surface area (Å²) in [6, 6.07) is 6.75. The van der Waals surface area contributed by atoms with Crippen LogP contribution in [0.3, 0.4) is 0 Å². The van der Waals surface area contributed by atoms with Crippen LogP contribution in [-0.2, 0) is 6.54 Å². The number of pyridine rings is 1. The standard InChI is InChI=1S/C15H16N4O2/c20-14-9-13(11-4-5-11)18-10-19(14)8-7-17-15(21)12-3-1-2-6-16-12/h1-3,6,9-11H,4-5,7-8H2,(H,17,21). The SMILES string of the molecule is O=C(NCCn1cnc(C2CC2)cc1=O)c1ccccn1. The van der Waals surface area contributed by atoms with E-state index in [1.165, 1.54) is 4.57 Å². The number of amides is 1. The lowest BCUT2D eigenvalue weighted by Gasteiger charge is -2.07. The highest BCUT2D eigenvalue weighted by Crippen LogP contribution is 2.38. The lowest BCUT2D eigenvalue weighted by molar-refractivity contribution is 0.0947. The third kappa shape index (κ3) is 3.34. The van der Waals surface area contributed by atoms with E-state index in [0.29, 0.717) is 24.7 Å². The Balaban J connectivity index is 1.56. The van der Waals surface area contributed by atoms with Crippen molar-refractivity contribution < 1.29 is 4.79 Å². The number of carbonyl (C=O) groups excluding carboxylic acids is 1. The Morgan fingerprint density at radius 3 is 2.86 bits per heavy atom. The number of nitrogens with zero attached hydrogens (tertiary/aromatic N) is 3. The third-order valence-corrected chi connectivity index (χ3v) is 3.43. The maximum atomic E-state index is 11.9. The predicted molar refractivity (Wildman–Crippen MR) is 77.0 cm³/mol. The van der Waals surface area contributed by atoms with E-state index in [0.717, 1.165) is 18.5 Å². The monoisotopic (exact) mass is 284 g/mol. The van der Waals surface area contributed by atoms with E-state index in [-0.39, 0.29) is 11.5 Å². The summed E-state index contributed by atoms with van der Waals surface area (Å²) in [4.78, 5) is 32.0. The van der Waals surface area contributed by atoms with Gasteiger partial charge in [0.15, 0.2) is 0 Å². The molecule has 21 heavy (non-hydrogen) atoms. The molecule has 1 saturated carbocycles. The zero-order valence-corrected chi connectivity index (χ0v) is 11.5. The Morgan fingerprint density at radius 2 is 2.19 bits per heavy atom. The van der Waals surface area contributed by atoms with Crippen LogP contribution in [0.15, 0.2) is 41.6 Å². The molecule has 0 saturated heterocycles. The number of hydrogen-bond acceptors (Lipinski definition) is 4. The van der Waals surface area contributed by atoms with Gasteiger partial charge < -0.3 is 5.32 Å². The Kier molecular flexibility index (Phi) is 3.77. The first-order chi connectivity index (χ1) is 10.2. The van der Waals surface area contributed by atoms with E-state index in [9.17, 15) is 9.59 Å². The minimum Gasteiger partial charge on any atom is -0.349 e. The van der Waals surface area contributed by atoms with Crippen molar-refractivity contribution in [2.45, 2.75) is 25.3 Å². The molecule has 0 spiro atoms. The van der Waals surface area contributed by atoms with Gasteiger partial charge in [0.1, 0.15) is 5.69 Å². The molecule has 0 aliphatic heterocycles. The van der Waals surface area contributed by atoms with Gasteiger partial charge in [0, 0.05) is 31.3 Å². The minimum absolute atomic E-state index is 0.0704. The summed E-state index contributed by atoms with van der Waals surface area (Å²) in [5.41, 5.74) is 1.18. The Labute approximate surface area is 121 Å². The zero-order chi connectivity index (χ0) is 14.7. The second kappa shape index (κ2) is 5.87. The fourth-order valence-corrected chi connectivity index (χ4v) is 2.09. The molecule has 1 aliphatic rings. The van der Waals surface area contributed by atoms with Crippen LogP contribution < -0.4 is 10.9 Å². The average molecular weight is 284 g/mol. The molecule has 2 aromatic rings. The molecule has 1 amide bonds. The molecule has 6 nitrogen and oxygen atoms in total. The molecule has 0 radical (unpaired) electrons. The Hall–Kier alpha value is -2.50. The average Bonchev–Trinajstić information content (AvgIpc) is 3.34. The van der Waals surface area contributed by atoms with Gasteiger partial charge >= 0.3 is 0 Å². The quantitative estimate of drug-likeness (QED) is 0.886. The fraction of sp³-hybridized carbons (Fsp3) is 0.333. The van der Waals surface area contributed by atoms with Crippen molar-refractivity contribution in [1.82, 2.24) is 19.9 Å². The molecule has 108 valence electrons. The first-order valence-electron chi connectivity index (χ1n) is 6.99. The number of nitrogens with one attached hydrogen (secondary N) is 1. The minimum atomic E-state index is -0.244. The van der Waals surface area contributed by atoms with Crippen LogP contribution in [0.2, 0.25) is 0 Å². The summed E-state index contributed by atoms with van der Waals surface area (Å²) in [6.45, 7) is 0.759. The van der Waals surface area contributed by atoms with E-state index >= 15 is 0 Å². The maximum absolute atomic E-state index is 11.9. The maximum Gasteiger partial charge on any atom is 0.269 e. The van der Waals surface area contributed by atoms with Crippen LogP contribution in [0, 0.1) is 0 Å². The molecule has 1 aliphatic carbocycles. The summed E-state index contributed by atoms with van der Waals surface area (Å²) in [7, 11) is 0. The first kappa shape index (κ1) is 13.5. The van der Waals surface area contributed by atoms with Crippen molar-refractivity contribution >= 4 is 5.91 Å². The van der Waals surface area contributed by atoms with Crippen LogP contribution in [0.4, 0.5) is 0 Å². The smallest absolute Gasteiger partial charge is 0.269 e. The summed E-state index contributed by atoms with van der Waals surface area (Å²) < 4.78 is 1.50. The lowest BCUT2D eigenvalue weighted by atomic mass is 10.3. The van der Waals surface area contributed by atoms with Crippen LogP contribution in [0.25, 0.3) is 0 Å². The molecule has 0 bridgehead atoms. The van der Waals surface area contributed by atoms with Gasteiger partial charge in [0.05, 0.1) is 12.0 Å². The summed E-state index contributed by atoms with van der Waals surface area (Å²) in [5.74, 6) is 0.224. The molecule has 2 aromatic heterocycles. The third-order valence-electron chi connectivity index (χ3n) is 3.43. The lowest BCUT2D eigenvalue weighted by Crippen LogP contribution is -2.31. The van der Waals surface area contributed by atoms with Gasteiger partial charge in [-0.2, -0.15) is 0 Å². The highest BCUT2D eigenvalue weighted by atomic mass is 16.2. The van der Waals surface area contributed by atoms with Gasteiger partial charge in [-0.3, -0.25) is 19.1 Å². The molecular weight excluding hydrogens is 268 g/mol. The molecule has 0 unspecified atom stereocenters. The Bertz CT molecular complexity index is 692. The second-order valence-corrected chi connectivity index (χ2v) is 5.09. The largest absolute Gasteiger partial charge is 0.349 e. The highest BCUT2D eigenvalue weighted by molar-refractivity contribution is 5.92. The van der Waals surface area contributed by atoms with E-state index in [1.54, 1.807) is 36.8 Å². The molecule has 3 rings (SSSR count). The van der Waals surface area contributed by atoms with Gasteiger partial charge in [0.2, 0.25) is 0 Å². The molecule has 0 atom stereocenters. The van der Waals surface area contributed by atoms with Crippen LogP contribution in [0.5, 0.6) is 0 Å². The first-order valence-corrected chi connectivity index (χ1v) is 6.99. The van der Waals surface area contributed by atoms with E-state index in [2.05, 4.69) is 15.3 Å². The molecular formula is C15H16N4O2. The highest BCUT2D eigenvalue weighted by Gasteiger charge is 2.25. The molecule has 0 aromatic carbocycles. The molecule has 1 N–H and O–H groups in total.